The molecule has 66 valence electrons. The summed E-state index contributed by atoms with van der Waals surface area (Å²) in [7, 11) is 0. The van der Waals surface area contributed by atoms with Crippen LogP contribution < -0.4 is 5.73 Å². The highest BCUT2D eigenvalue weighted by Gasteiger charge is 1.97. The minimum Gasteiger partial charge on any atom is -0.328 e. The summed E-state index contributed by atoms with van der Waals surface area (Å²) in [6.07, 6.45) is 0.961. The molecule has 0 aliphatic rings. The molecule has 1 aromatic carbocycles. The van der Waals surface area contributed by atoms with Gasteiger partial charge in [0, 0.05) is 11.4 Å². The predicted octanol–water partition coefficient (Wildman–Crippen LogP) is 2.47. The van der Waals surface area contributed by atoms with Gasteiger partial charge in [-0.2, -0.15) is 0 Å². The van der Waals surface area contributed by atoms with E-state index in [4.69, 9.17) is 5.73 Å². The van der Waals surface area contributed by atoms with Crippen molar-refractivity contribution in [1.82, 2.24) is 0 Å². The van der Waals surface area contributed by atoms with Gasteiger partial charge >= 0.3 is 0 Å². The highest BCUT2D eigenvalue weighted by atomic mass is 79.9. The molecule has 12 heavy (non-hydrogen) atoms. The van der Waals surface area contributed by atoms with Crippen molar-refractivity contribution in [2.45, 2.75) is 24.7 Å². The van der Waals surface area contributed by atoms with Gasteiger partial charge in [0.05, 0.1) is 0 Å². The molecule has 1 nitrogen and oxygen atoms in total. The topological polar surface area (TPSA) is 26.0 Å². The number of benzene rings is 1. The molecule has 0 saturated heterocycles. The zero-order chi connectivity index (χ0) is 8.97. The Balaban J connectivity index is 2.65. The van der Waals surface area contributed by atoms with Crippen molar-refractivity contribution in [1.29, 1.82) is 0 Å². The van der Waals surface area contributed by atoms with Gasteiger partial charge in [-0.25, -0.2) is 0 Å². The first-order chi connectivity index (χ1) is 5.72. The van der Waals surface area contributed by atoms with Crippen molar-refractivity contribution in [3.63, 3.8) is 0 Å². The first-order valence-electron chi connectivity index (χ1n) is 4.11. The van der Waals surface area contributed by atoms with E-state index in [0.717, 1.165) is 11.8 Å². The summed E-state index contributed by atoms with van der Waals surface area (Å²) in [5, 5.41) is 0.922. The SMILES string of the molecule is CC(N)Cc1ccc(CBr)cc1. The quantitative estimate of drug-likeness (QED) is 0.790. The fourth-order valence-corrected chi connectivity index (χ4v) is 1.51. The summed E-state index contributed by atoms with van der Waals surface area (Å²) >= 11 is 3.41. The summed E-state index contributed by atoms with van der Waals surface area (Å²) in [4.78, 5) is 0. The van der Waals surface area contributed by atoms with E-state index in [1.807, 2.05) is 6.92 Å². The monoisotopic (exact) mass is 227 g/mol. The Morgan fingerprint density at radius 1 is 1.25 bits per heavy atom. The van der Waals surface area contributed by atoms with E-state index in [2.05, 4.69) is 40.2 Å². The zero-order valence-corrected chi connectivity index (χ0v) is 8.84. The first kappa shape index (κ1) is 9.75. The normalized spacial score (nSPS) is 12.9. The minimum absolute atomic E-state index is 0.250. The molecule has 0 radical (unpaired) electrons. The molecule has 0 amide bonds. The van der Waals surface area contributed by atoms with E-state index in [1.54, 1.807) is 0 Å². The van der Waals surface area contributed by atoms with Crippen molar-refractivity contribution < 1.29 is 0 Å². The Morgan fingerprint density at radius 3 is 2.17 bits per heavy atom. The number of rotatable bonds is 3. The Labute approximate surface area is 82.1 Å². The number of hydrogen-bond acceptors (Lipinski definition) is 1. The van der Waals surface area contributed by atoms with Crippen molar-refractivity contribution in [2.75, 3.05) is 0 Å². The van der Waals surface area contributed by atoms with Gasteiger partial charge < -0.3 is 5.73 Å². The number of halogens is 1. The summed E-state index contributed by atoms with van der Waals surface area (Å²) < 4.78 is 0. The lowest BCUT2D eigenvalue weighted by Crippen LogP contribution is -2.17. The molecule has 0 heterocycles. The standard InChI is InChI=1S/C10H14BrN/c1-8(12)6-9-2-4-10(7-11)5-3-9/h2-5,8H,6-7,12H2,1H3. The van der Waals surface area contributed by atoms with Crippen LogP contribution in [-0.4, -0.2) is 6.04 Å². The molecule has 2 N–H and O–H groups in total. The van der Waals surface area contributed by atoms with Crippen molar-refractivity contribution in [3.05, 3.63) is 35.4 Å². The Bertz CT molecular complexity index is 228. The van der Waals surface area contributed by atoms with Crippen LogP contribution in [0.5, 0.6) is 0 Å². The molecule has 0 aromatic heterocycles. The molecular formula is C10H14BrN. The van der Waals surface area contributed by atoms with Crippen LogP contribution in [0.25, 0.3) is 0 Å². The van der Waals surface area contributed by atoms with Gasteiger partial charge in [-0.05, 0) is 24.5 Å². The maximum Gasteiger partial charge on any atom is 0.0283 e. The van der Waals surface area contributed by atoms with Crippen LogP contribution in [0.2, 0.25) is 0 Å². The lowest BCUT2D eigenvalue weighted by molar-refractivity contribution is 0.738. The van der Waals surface area contributed by atoms with Gasteiger partial charge in [0.2, 0.25) is 0 Å². The van der Waals surface area contributed by atoms with Crippen molar-refractivity contribution >= 4 is 15.9 Å². The van der Waals surface area contributed by atoms with Crippen LogP contribution >= 0.6 is 15.9 Å². The second-order valence-electron chi connectivity index (χ2n) is 3.13. The lowest BCUT2D eigenvalue weighted by atomic mass is 10.1. The molecule has 2 heteroatoms. The molecule has 0 aliphatic carbocycles. The molecule has 0 aliphatic heterocycles. The van der Waals surface area contributed by atoms with Crippen LogP contribution in [0.1, 0.15) is 18.1 Å². The van der Waals surface area contributed by atoms with Gasteiger partial charge in [-0.15, -0.1) is 0 Å². The third kappa shape index (κ3) is 2.95. The van der Waals surface area contributed by atoms with Crippen LogP contribution in [-0.2, 0) is 11.8 Å². The average molecular weight is 228 g/mol. The van der Waals surface area contributed by atoms with Crippen molar-refractivity contribution in [3.8, 4) is 0 Å². The minimum atomic E-state index is 0.250. The molecule has 1 rings (SSSR count). The van der Waals surface area contributed by atoms with E-state index >= 15 is 0 Å². The van der Waals surface area contributed by atoms with E-state index in [9.17, 15) is 0 Å². The second-order valence-corrected chi connectivity index (χ2v) is 3.69. The maximum atomic E-state index is 5.69. The fraction of sp³-hybridized carbons (Fsp3) is 0.400. The van der Waals surface area contributed by atoms with E-state index in [-0.39, 0.29) is 6.04 Å². The molecule has 0 saturated carbocycles. The fourth-order valence-electron chi connectivity index (χ4n) is 1.14. The third-order valence-electron chi connectivity index (χ3n) is 1.73. The van der Waals surface area contributed by atoms with Crippen LogP contribution in [0.3, 0.4) is 0 Å². The first-order valence-corrected chi connectivity index (χ1v) is 5.24. The molecule has 0 spiro atoms. The van der Waals surface area contributed by atoms with Gasteiger partial charge in [-0.1, -0.05) is 40.2 Å². The maximum absolute atomic E-state index is 5.69. The summed E-state index contributed by atoms with van der Waals surface area (Å²) in [6, 6.07) is 8.79. The Kier molecular flexibility index (Phi) is 3.76. The smallest absolute Gasteiger partial charge is 0.0283 e. The summed E-state index contributed by atoms with van der Waals surface area (Å²) in [5.41, 5.74) is 8.31. The van der Waals surface area contributed by atoms with Gasteiger partial charge in [-0.3, -0.25) is 0 Å². The number of alkyl halides is 1. The van der Waals surface area contributed by atoms with Gasteiger partial charge in [0.25, 0.3) is 0 Å². The molecule has 1 aromatic rings. The van der Waals surface area contributed by atoms with Crippen molar-refractivity contribution in [2.24, 2.45) is 5.73 Å². The molecule has 1 unspecified atom stereocenters. The third-order valence-corrected chi connectivity index (χ3v) is 2.38. The molecule has 0 fully saturated rings. The highest BCUT2D eigenvalue weighted by Crippen LogP contribution is 2.08. The van der Waals surface area contributed by atoms with Crippen LogP contribution in [0.15, 0.2) is 24.3 Å². The largest absolute Gasteiger partial charge is 0.328 e. The van der Waals surface area contributed by atoms with Gasteiger partial charge in [0.1, 0.15) is 0 Å². The molecular weight excluding hydrogens is 214 g/mol. The second kappa shape index (κ2) is 4.63. The Hall–Kier alpha value is -0.340. The average Bonchev–Trinajstić information content (AvgIpc) is 2.05. The zero-order valence-electron chi connectivity index (χ0n) is 7.26. The highest BCUT2D eigenvalue weighted by molar-refractivity contribution is 9.08. The number of hydrogen-bond donors (Lipinski definition) is 1. The molecule has 1 atom stereocenters. The van der Waals surface area contributed by atoms with Crippen LogP contribution in [0, 0.1) is 0 Å². The van der Waals surface area contributed by atoms with E-state index in [1.165, 1.54) is 11.1 Å². The Morgan fingerprint density at radius 2 is 1.75 bits per heavy atom. The van der Waals surface area contributed by atoms with E-state index in [0.29, 0.717) is 0 Å². The van der Waals surface area contributed by atoms with Crippen LogP contribution in [0.4, 0.5) is 0 Å². The molecule has 0 bridgehead atoms. The number of nitrogens with two attached hydrogens (primary N) is 1. The predicted molar refractivity (Wildman–Crippen MR) is 56.4 cm³/mol. The summed E-state index contributed by atoms with van der Waals surface area (Å²) in [5.74, 6) is 0. The van der Waals surface area contributed by atoms with E-state index < -0.39 is 0 Å². The summed E-state index contributed by atoms with van der Waals surface area (Å²) in [6.45, 7) is 2.03. The van der Waals surface area contributed by atoms with Gasteiger partial charge in [0.15, 0.2) is 0 Å². The lowest BCUT2D eigenvalue weighted by Gasteiger charge is -2.05.